The number of carbonyl (C=O) groups excluding carboxylic acids is 2. The first kappa shape index (κ1) is 18.4. The minimum Gasteiger partial charge on any atom is -0.351 e. The van der Waals surface area contributed by atoms with E-state index in [1.54, 1.807) is 6.07 Å². The predicted octanol–water partition coefficient (Wildman–Crippen LogP) is 4.31. The SMILES string of the molecule is Cc1ccc(Br)cc1NC(=O)CCNC(=O)c1c(F)cccc1Cl. The van der Waals surface area contributed by atoms with Gasteiger partial charge in [0.2, 0.25) is 5.91 Å². The molecular formula is C17H15BrClFN2O2. The maximum Gasteiger partial charge on any atom is 0.255 e. The smallest absolute Gasteiger partial charge is 0.255 e. The highest BCUT2D eigenvalue weighted by molar-refractivity contribution is 9.10. The summed E-state index contributed by atoms with van der Waals surface area (Å²) in [5.74, 6) is -1.60. The second-order valence-electron chi connectivity index (χ2n) is 5.11. The van der Waals surface area contributed by atoms with Crippen LogP contribution in [0, 0.1) is 12.7 Å². The number of hydrogen-bond acceptors (Lipinski definition) is 2. The van der Waals surface area contributed by atoms with Gasteiger partial charge in [0.1, 0.15) is 5.82 Å². The van der Waals surface area contributed by atoms with Crippen molar-refractivity contribution in [2.45, 2.75) is 13.3 Å². The molecule has 0 saturated carbocycles. The molecule has 0 atom stereocenters. The van der Waals surface area contributed by atoms with E-state index >= 15 is 0 Å². The molecule has 0 aliphatic carbocycles. The molecule has 126 valence electrons. The number of anilines is 1. The Kier molecular flexibility index (Phi) is 6.34. The van der Waals surface area contributed by atoms with Crippen LogP contribution < -0.4 is 10.6 Å². The van der Waals surface area contributed by atoms with E-state index in [9.17, 15) is 14.0 Å². The van der Waals surface area contributed by atoms with Crippen LogP contribution in [0.1, 0.15) is 22.3 Å². The fourth-order valence-corrected chi connectivity index (χ4v) is 2.64. The van der Waals surface area contributed by atoms with Crippen LogP contribution in [0.3, 0.4) is 0 Å². The van der Waals surface area contributed by atoms with Crippen molar-refractivity contribution in [2.75, 3.05) is 11.9 Å². The van der Waals surface area contributed by atoms with Gasteiger partial charge in [0.25, 0.3) is 5.91 Å². The van der Waals surface area contributed by atoms with E-state index in [2.05, 4.69) is 26.6 Å². The molecule has 0 fully saturated rings. The van der Waals surface area contributed by atoms with Crippen molar-refractivity contribution in [3.8, 4) is 0 Å². The molecule has 0 unspecified atom stereocenters. The molecular weight excluding hydrogens is 399 g/mol. The van der Waals surface area contributed by atoms with Crippen LogP contribution >= 0.6 is 27.5 Å². The van der Waals surface area contributed by atoms with Crippen LogP contribution in [0.25, 0.3) is 0 Å². The molecule has 2 aromatic rings. The van der Waals surface area contributed by atoms with E-state index in [-0.39, 0.29) is 29.5 Å². The highest BCUT2D eigenvalue weighted by atomic mass is 79.9. The lowest BCUT2D eigenvalue weighted by molar-refractivity contribution is -0.116. The fraction of sp³-hybridized carbons (Fsp3) is 0.176. The van der Waals surface area contributed by atoms with Crippen LogP contribution in [-0.2, 0) is 4.79 Å². The summed E-state index contributed by atoms with van der Waals surface area (Å²) in [4.78, 5) is 23.9. The molecule has 2 rings (SSSR count). The van der Waals surface area contributed by atoms with Gasteiger partial charge in [-0.2, -0.15) is 0 Å². The molecule has 0 aliphatic heterocycles. The van der Waals surface area contributed by atoms with Gasteiger partial charge in [-0.25, -0.2) is 4.39 Å². The third-order valence-electron chi connectivity index (χ3n) is 3.30. The van der Waals surface area contributed by atoms with E-state index in [1.807, 2.05) is 19.1 Å². The van der Waals surface area contributed by atoms with Gasteiger partial charge in [-0.3, -0.25) is 9.59 Å². The topological polar surface area (TPSA) is 58.2 Å². The summed E-state index contributed by atoms with van der Waals surface area (Å²) in [6.07, 6.45) is 0.0593. The predicted molar refractivity (Wildman–Crippen MR) is 95.9 cm³/mol. The average molecular weight is 414 g/mol. The maximum atomic E-state index is 13.6. The van der Waals surface area contributed by atoms with E-state index in [0.29, 0.717) is 5.69 Å². The molecule has 2 amide bonds. The Hall–Kier alpha value is -1.92. The molecule has 2 aromatic carbocycles. The number of halogens is 3. The van der Waals surface area contributed by atoms with Crippen LogP contribution in [0.4, 0.5) is 10.1 Å². The standard InChI is InChI=1S/C17H15BrClFN2O2/c1-10-5-6-11(18)9-14(10)22-15(23)7-8-21-17(24)16-12(19)3-2-4-13(16)20/h2-6,9H,7-8H2,1H3,(H,21,24)(H,22,23). The molecule has 0 saturated heterocycles. The number of amides is 2. The van der Waals surface area contributed by atoms with Gasteiger partial charge < -0.3 is 10.6 Å². The van der Waals surface area contributed by atoms with E-state index in [0.717, 1.165) is 16.1 Å². The highest BCUT2D eigenvalue weighted by Gasteiger charge is 2.15. The van der Waals surface area contributed by atoms with Crippen molar-refractivity contribution in [3.63, 3.8) is 0 Å². The van der Waals surface area contributed by atoms with Gasteiger partial charge in [-0.1, -0.05) is 39.7 Å². The molecule has 0 radical (unpaired) electrons. The van der Waals surface area contributed by atoms with Crippen LogP contribution in [-0.4, -0.2) is 18.4 Å². The van der Waals surface area contributed by atoms with Crippen molar-refractivity contribution < 1.29 is 14.0 Å². The van der Waals surface area contributed by atoms with E-state index < -0.39 is 11.7 Å². The molecule has 0 bridgehead atoms. The fourth-order valence-electron chi connectivity index (χ4n) is 2.03. The third kappa shape index (κ3) is 4.79. The summed E-state index contributed by atoms with van der Waals surface area (Å²) in [6, 6.07) is 9.56. The lowest BCUT2D eigenvalue weighted by Gasteiger charge is -2.10. The van der Waals surface area contributed by atoms with E-state index in [4.69, 9.17) is 11.6 Å². The lowest BCUT2D eigenvalue weighted by Crippen LogP contribution is -2.28. The van der Waals surface area contributed by atoms with Crippen molar-refractivity contribution >= 4 is 45.0 Å². The summed E-state index contributed by atoms with van der Waals surface area (Å²) in [6.45, 7) is 1.95. The van der Waals surface area contributed by atoms with Gasteiger partial charge in [0.15, 0.2) is 0 Å². The third-order valence-corrected chi connectivity index (χ3v) is 4.11. The van der Waals surface area contributed by atoms with Crippen molar-refractivity contribution in [2.24, 2.45) is 0 Å². The zero-order valence-electron chi connectivity index (χ0n) is 12.8. The Morgan fingerprint density at radius 3 is 2.71 bits per heavy atom. The van der Waals surface area contributed by atoms with Gasteiger partial charge in [0, 0.05) is 23.1 Å². The Labute approximate surface area is 152 Å². The molecule has 0 heterocycles. The van der Waals surface area contributed by atoms with Crippen LogP contribution in [0.2, 0.25) is 5.02 Å². The molecule has 2 N–H and O–H groups in total. The maximum absolute atomic E-state index is 13.6. The summed E-state index contributed by atoms with van der Waals surface area (Å²) in [5, 5.41) is 5.29. The number of nitrogens with one attached hydrogen (secondary N) is 2. The Balaban J connectivity index is 1.89. The first-order chi connectivity index (χ1) is 11.4. The summed E-state index contributed by atoms with van der Waals surface area (Å²) in [5.41, 5.74) is 1.40. The molecule has 0 aliphatic rings. The van der Waals surface area contributed by atoms with Gasteiger partial charge in [-0.05, 0) is 36.8 Å². The zero-order valence-corrected chi connectivity index (χ0v) is 15.2. The molecule has 0 aromatic heterocycles. The summed E-state index contributed by atoms with van der Waals surface area (Å²) in [7, 11) is 0. The largest absolute Gasteiger partial charge is 0.351 e. The van der Waals surface area contributed by atoms with Crippen molar-refractivity contribution in [1.29, 1.82) is 0 Å². The average Bonchev–Trinajstić information content (AvgIpc) is 2.51. The Morgan fingerprint density at radius 2 is 2.00 bits per heavy atom. The molecule has 4 nitrogen and oxygen atoms in total. The van der Waals surface area contributed by atoms with Gasteiger partial charge in [0.05, 0.1) is 10.6 Å². The minimum atomic E-state index is -0.700. The number of benzene rings is 2. The first-order valence-corrected chi connectivity index (χ1v) is 8.34. The molecule has 0 spiro atoms. The second kappa shape index (κ2) is 8.26. The van der Waals surface area contributed by atoms with Crippen LogP contribution in [0.15, 0.2) is 40.9 Å². The van der Waals surface area contributed by atoms with Gasteiger partial charge in [-0.15, -0.1) is 0 Å². The lowest BCUT2D eigenvalue weighted by atomic mass is 10.2. The normalized spacial score (nSPS) is 10.3. The monoisotopic (exact) mass is 412 g/mol. The highest BCUT2D eigenvalue weighted by Crippen LogP contribution is 2.21. The number of rotatable bonds is 5. The molecule has 24 heavy (non-hydrogen) atoms. The quantitative estimate of drug-likeness (QED) is 0.767. The van der Waals surface area contributed by atoms with Gasteiger partial charge >= 0.3 is 0 Å². The Bertz CT molecular complexity index is 763. The summed E-state index contributed by atoms with van der Waals surface area (Å²) >= 11 is 9.16. The van der Waals surface area contributed by atoms with Crippen molar-refractivity contribution in [3.05, 3.63) is 62.8 Å². The zero-order chi connectivity index (χ0) is 17.7. The van der Waals surface area contributed by atoms with Crippen LogP contribution in [0.5, 0.6) is 0 Å². The number of hydrogen-bond donors (Lipinski definition) is 2. The molecule has 7 heteroatoms. The number of aryl methyl sites for hydroxylation is 1. The second-order valence-corrected chi connectivity index (χ2v) is 6.43. The van der Waals surface area contributed by atoms with E-state index in [1.165, 1.54) is 12.1 Å². The minimum absolute atomic E-state index is 0.0294. The Morgan fingerprint density at radius 1 is 1.25 bits per heavy atom. The first-order valence-electron chi connectivity index (χ1n) is 7.16. The van der Waals surface area contributed by atoms with Crippen molar-refractivity contribution in [1.82, 2.24) is 5.32 Å². The number of carbonyl (C=O) groups is 2. The summed E-state index contributed by atoms with van der Waals surface area (Å²) < 4.78 is 14.5.